The number of halogens is 5. The average Bonchev–Trinajstić information content (AvgIpc) is 2.98. The Kier molecular flexibility index (Phi) is 4.23. The summed E-state index contributed by atoms with van der Waals surface area (Å²) in [7, 11) is 0. The van der Waals surface area contributed by atoms with Crippen LogP contribution in [0.5, 0.6) is 0 Å². The number of hydrogen-bond acceptors (Lipinski definition) is 2. The van der Waals surface area contributed by atoms with E-state index in [0.29, 0.717) is 41.5 Å². The van der Waals surface area contributed by atoms with Crippen molar-refractivity contribution >= 4 is 31.5 Å². The molecule has 1 fully saturated rings. The quantitative estimate of drug-likeness (QED) is 0.448. The van der Waals surface area contributed by atoms with Crippen molar-refractivity contribution in [3.05, 3.63) is 47.0 Å². The Bertz CT molecular complexity index is 1030. The lowest BCUT2D eigenvalue weighted by atomic mass is 9.75. The fourth-order valence-electron chi connectivity index (χ4n) is 3.93. The van der Waals surface area contributed by atoms with Gasteiger partial charge < -0.3 is 5.11 Å². The lowest BCUT2D eigenvalue weighted by molar-refractivity contribution is -0.139. The summed E-state index contributed by atoms with van der Waals surface area (Å²) in [5.74, 6) is -1.60. The molecule has 1 aromatic heterocycles. The van der Waals surface area contributed by atoms with Crippen LogP contribution >= 0.6 is 11.3 Å². The first-order valence-corrected chi connectivity index (χ1v) is 9.57. The smallest absolute Gasteiger partial charge is 0.385 e. The molecule has 7 heteroatoms. The third kappa shape index (κ3) is 2.91. The lowest BCUT2D eigenvalue weighted by Crippen LogP contribution is -2.31. The topological polar surface area (TPSA) is 20.2 Å². The van der Waals surface area contributed by atoms with E-state index in [4.69, 9.17) is 0 Å². The standard InChI is InChI=1S/C20H17F5OS/c1-10-6-8-19(26,9-7-10)13-4-2-11-12-3-5-14(20(23,24)25)16(22)18(12)27-17(11)15(13)21/h2-5,10,26H,6-9H2,1H3. The van der Waals surface area contributed by atoms with Gasteiger partial charge in [0.1, 0.15) is 5.82 Å². The highest BCUT2D eigenvalue weighted by molar-refractivity contribution is 7.25. The van der Waals surface area contributed by atoms with Crippen molar-refractivity contribution in [2.24, 2.45) is 5.92 Å². The Balaban J connectivity index is 1.91. The SMILES string of the molecule is CC1CCC(O)(c2ccc3c(sc4c(F)c(C(F)(F)F)ccc43)c2F)CC1. The summed E-state index contributed by atoms with van der Waals surface area (Å²) < 4.78 is 68.4. The summed E-state index contributed by atoms with van der Waals surface area (Å²) in [5.41, 5.74) is -2.51. The highest BCUT2D eigenvalue weighted by Gasteiger charge is 2.38. The molecule has 1 N–H and O–H groups in total. The molecule has 2 aromatic carbocycles. The Morgan fingerprint density at radius 1 is 0.963 bits per heavy atom. The minimum atomic E-state index is -4.81. The van der Waals surface area contributed by atoms with Gasteiger partial charge in [-0.2, -0.15) is 13.2 Å². The van der Waals surface area contributed by atoms with Gasteiger partial charge in [-0.1, -0.05) is 25.1 Å². The summed E-state index contributed by atoms with van der Waals surface area (Å²) in [4.78, 5) is 0. The molecule has 27 heavy (non-hydrogen) atoms. The van der Waals surface area contributed by atoms with Gasteiger partial charge in [-0.25, -0.2) is 8.78 Å². The maximum Gasteiger partial charge on any atom is 0.419 e. The van der Waals surface area contributed by atoms with E-state index in [9.17, 15) is 22.7 Å². The van der Waals surface area contributed by atoms with Crippen LogP contribution in [0.25, 0.3) is 20.2 Å². The second kappa shape index (κ2) is 6.14. The third-order valence-corrected chi connectivity index (χ3v) is 6.80. The van der Waals surface area contributed by atoms with Gasteiger partial charge in [-0.05, 0) is 37.7 Å². The van der Waals surface area contributed by atoms with Crippen LogP contribution in [0.15, 0.2) is 24.3 Å². The number of hydrogen-bond donors (Lipinski definition) is 1. The van der Waals surface area contributed by atoms with E-state index < -0.39 is 29.0 Å². The molecule has 0 spiro atoms. The number of alkyl halides is 3. The zero-order valence-corrected chi connectivity index (χ0v) is 15.3. The third-order valence-electron chi connectivity index (χ3n) is 5.60. The van der Waals surface area contributed by atoms with Crippen LogP contribution in [0.1, 0.15) is 43.7 Å². The van der Waals surface area contributed by atoms with Gasteiger partial charge in [0.25, 0.3) is 0 Å². The molecule has 4 rings (SSSR count). The zero-order chi connectivity index (χ0) is 19.6. The lowest BCUT2D eigenvalue weighted by Gasteiger charge is -2.35. The number of benzene rings is 2. The Morgan fingerprint density at radius 3 is 2.11 bits per heavy atom. The second-order valence-corrected chi connectivity index (χ2v) is 8.44. The van der Waals surface area contributed by atoms with Crippen molar-refractivity contribution in [1.82, 2.24) is 0 Å². The zero-order valence-electron chi connectivity index (χ0n) is 14.5. The molecular formula is C20H17F5OS. The summed E-state index contributed by atoms with van der Waals surface area (Å²) in [6.45, 7) is 2.08. The molecule has 0 aliphatic heterocycles. The summed E-state index contributed by atoms with van der Waals surface area (Å²) in [5, 5.41) is 11.5. The molecule has 1 aliphatic carbocycles. The molecule has 1 saturated carbocycles. The van der Waals surface area contributed by atoms with Crippen LogP contribution < -0.4 is 0 Å². The van der Waals surface area contributed by atoms with Crippen LogP contribution in [0.4, 0.5) is 22.0 Å². The van der Waals surface area contributed by atoms with Crippen molar-refractivity contribution in [2.75, 3.05) is 0 Å². The molecule has 0 radical (unpaired) electrons. The molecular weight excluding hydrogens is 383 g/mol. The average molecular weight is 400 g/mol. The van der Waals surface area contributed by atoms with E-state index in [-0.39, 0.29) is 20.3 Å². The van der Waals surface area contributed by atoms with E-state index in [0.717, 1.165) is 12.8 Å². The second-order valence-electron chi connectivity index (χ2n) is 7.42. The fourth-order valence-corrected chi connectivity index (χ4v) is 5.10. The summed E-state index contributed by atoms with van der Waals surface area (Å²) >= 11 is 0.661. The van der Waals surface area contributed by atoms with Gasteiger partial charge in [-0.3, -0.25) is 0 Å². The first kappa shape index (κ1) is 18.6. The molecule has 0 amide bonds. The summed E-state index contributed by atoms with van der Waals surface area (Å²) in [6, 6.07) is 4.91. The first-order valence-electron chi connectivity index (χ1n) is 8.75. The molecule has 0 atom stereocenters. The van der Waals surface area contributed by atoms with E-state index in [1.54, 1.807) is 6.07 Å². The molecule has 144 valence electrons. The minimum Gasteiger partial charge on any atom is -0.385 e. The van der Waals surface area contributed by atoms with Crippen LogP contribution in [-0.2, 0) is 11.8 Å². The van der Waals surface area contributed by atoms with Crippen molar-refractivity contribution in [3.8, 4) is 0 Å². The van der Waals surface area contributed by atoms with Crippen molar-refractivity contribution in [3.63, 3.8) is 0 Å². The van der Waals surface area contributed by atoms with Crippen LogP contribution in [0, 0.1) is 17.6 Å². The molecule has 0 bridgehead atoms. The number of fused-ring (bicyclic) bond motifs is 3. The monoisotopic (exact) mass is 400 g/mol. The Hall–Kier alpha value is -1.73. The maximum absolute atomic E-state index is 15.2. The highest BCUT2D eigenvalue weighted by Crippen LogP contribution is 2.46. The number of thiophene rings is 1. The normalized spacial score (nSPS) is 24.0. The van der Waals surface area contributed by atoms with Gasteiger partial charge in [0.15, 0.2) is 5.82 Å². The molecule has 1 aliphatic rings. The molecule has 0 unspecified atom stereocenters. The predicted octanol–water partition coefficient (Wildman–Crippen LogP) is 6.75. The largest absolute Gasteiger partial charge is 0.419 e. The minimum absolute atomic E-state index is 0.0766. The van der Waals surface area contributed by atoms with Crippen LogP contribution in [0.3, 0.4) is 0 Å². The molecule has 0 saturated heterocycles. The number of aliphatic hydroxyl groups is 1. The molecule has 3 aromatic rings. The molecule has 1 heterocycles. The van der Waals surface area contributed by atoms with Crippen LogP contribution in [-0.4, -0.2) is 5.11 Å². The van der Waals surface area contributed by atoms with Crippen molar-refractivity contribution in [1.29, 1.82) is 0 Å². The van der Waals surface area contributed by atoms with Gasteiger partial charge in [0.05, 0.1) is 20.6 Å². The molecule has 1 nitrogen and oxygen atoms in total. The predicted molar refractivity (Wildman–Crippen MR) is 95.8 cm³/mol. The van der Waals surface area contributed by atoms with Gasteiger partial charge in [-0.15, -0.1) is 11.3 Å². The van der Waals surface area contributed by atoms with Crippen molar-refractivity contribution < 1.29 is 27.1 Å². The first-order chi connectivity index (χ1) is 12.6. The van der Waals surface area contributed by atoms with Gasteiger partial charge in [0.2, 0.25) is 0 Å². The van der Waals surface area contributed by atoms with Crippen molar-refractivity contribution in [2.45, 2.75) is 44.4 Å². The van der Waals surface area contributed by atoms with E-state index in [1.165, 1.54) is 12.1 Å². The Labute approximate surface area is 156 Å². The summed E-state index contributed by atoms with van der Waals surface area (Å²) in [6.07, 6.45) is -2.43. The maximum atomic E-state index is 15.2. The Morgan fingerprint density at radius 2 is 1.52 bits per heavy atom. The number of rotatable bonds is 1. The van der Waals surface area contributed by atoms with E-state index in [1.807, 2.05) is 0 Å². The van der Waals surface area contributed by atoms with Crippen LogP contribution in [0.2, 0.25) is 0 Å². The van der Waals surface area contributed by atoms with Gasteiger partial charge >= 0.3 is 6.18 Å². The van der Waals surface area contributed by atoms with E-state index in [2.05, 4.69) is 6.92 Å². The highest BCUT2D eigenvalue weighted by atomic mass is 32.1. The van der Waals surface area contributed by atoms with E-state index >= 15 is 4.39 Å². The fraction of sp³-hybridized carbons (Fsp3) is 0.400. The van der Waals surface area contributed by atoms with Gasteiger partial charge in [0, 0.05) is 16.3 Å².